The van der Waals surface area contributed by atoms with Gasteiger partial charge in [-0.25, -0.2) is 4.98 Å². The lowest BCUT2D eigenvalue weighted by atomic mass is 10.2. The van der Waals surface area contributed by atoms with Crippen LogP contribution in [0.25, 0.3) is 4.96 Å². The first-order valence-corrected chi connectivity index (χ1v) is 8.95. The number of rotatable bonds is 6. The number of nitrogens with one attached hydrogen (secondary N) is 1. The van der Waals surface area contributed by atoms with E-state index in [1.807, 2.05) is 43.2 Å². The molecule has 0 aliphatic heterocycles. The number of aromatic nitrogens is 2. The van der Waals surface area contributed by atoms with E-state index < -0.39 is 0 Å². The monoisotopic (exact) mass is 337 g/mol. The van der Waals surface area contributed by atoms with Crippen molar-refractivity contribution in [2.24, 2.45) is 0 Å². The summed E-state index contributed by atoms with van der Waals surface area (Å²) < 4.78 is 2.08. The summed E-state index contributed by atoms with van der Waals surface area (Å²) in [6.07, 6.45) is 5.09. The standard InChI is InChI=1S/C15H16ClN3S2/c1-17-13(10-21-14-4-2-3-11(16)7-14)8-12-9-19-5-6-20-15(19)18-12/h2-7,9,13,17H,8,10H2,1H3. The van der Waals surface area contributed by atoms with Crippen molar-refractivity contribution in [2.45, 2.75) is 17.4 Å². The van der Waals surface area contributed by atoms with E-state index in [9.17, 15) is 0 Å². The minimum atomic E-state index is 0.388. The molecule has 0 fully saturated rings. The van der Waals surface area contributed by atoms with Crippen molar-refractivity contribution in [3.63, 3.8) is 0 Å². The average Bonchev–Trinajstić information content (AvgIpc) is 3.04. The van der Waals surface area contributed by atoms with E-state index in [1.54, 1.807) is 11.3 Å². The van der Waals surface area contributed by atoms with Crippen molar-refractivity contribution < 1.29 is 0 Å². The third-order valence-electron chi connectivity index (χ3n) is 3.25. The van der Waals surface area contributed by atoms with Crippen molar-refractivity contribution in [1.82, 2.24) is 14.7 Å². The molecule has 0 spiro atoms. The Balaban J connectivity index is 1.61. The highest BCUT2D eigenvalue weighted by Crippen LogP contribution is 2.23. The van der Waals surface area contributed by atoms with E-state index >= 15 is 0 Å². The largest absolute Gasteiger partial charge is 0.316 e. The second-order valence-corrected chi connectivity index (χ2v) is 7.19. The van der Waals surface area contributed by atoms with Gasteiger partial charge in [-0.15, -0.1) is 23.1 Å². The van der Waals surface area contributed by atoms with Gasteiger partial charge in [-0.05, 0) is 25.2 Å². The van der Waals surface area contributed by atoms with E-state index in [-0.39, 0.29) is 0 Å². The van der Waals surface area contributed by atoms with Crippen LogP contribution < -0.4 is 5.32 Å². The van der Waals surface area contributed by atoms with Gasteiger partial charge in [0.2, 0.25) is 0 Å². The fraction of sp³-hybridized carbons (Fsp3) is 0.267. The summed E-state index contributed by atoms with van der Waals surface area (Å²) in [5.41, 5.74) is 1.13. The minimum absolute atomic E-state index is 0.388. The number of fused-ring (bicyclic) bond motifs is 1. The Bertz CT molecular complexity index is 694. The van der Waals surface area contributed by atoms with Gasteiger partial charge < -0.3 is 5.32 Å². The molecule has 3 aromatic rings. The summed E-state index contributed by atoms with van der Waals surface area (Å²) in [7, 11) is 2.00. The topological polar surface area (TPSA) is 29.3 Å². The molecule has 0 aliphatic rings. The van der Waals surface area contributed by atoms with Crippen LogP contribution in [-0.4, -0.2) is 28.2 Å². The lowest BCUT2D eigenvalue weighted by Crippen LogP contribution is -2.30. The van der Waals surface area contributed by atoms with Gasteiger partial charge in [0.15, 0.2) is 4.96 Å². The zero-order valence-electron chi connectivity index (χ0n) is 11.6. The Morgan fingerprint density at radius 2 is 2.38 bits per heavy atom. The van der Waals surface area contributed by atoms with E-state index in [2.05, 4.69) is 32.3 Å². The zero-order chi connectivity index (χ0) is 14.7. The van der Waals surface area contributed by atoms with E-state index in [4.69, 9.17) is 11.6 Å². The average molecular weight is 338 g/mol. The number of hydrogen-bond donors (Lipinski definition) is 1. The summed E-state index contributed by atoms with van der Waals surface area (Å²) in [5, 5.41) is 6.21. The van der Waals surface area contributed by atoms with Crippen LogP contribution in [0.3, 0.4) is 0 Å². The number of benzene rings is 1. The fourth-order valence-corrected chi connectivity index (χ4v) is 4.16. The number of thiazole rings is 1. The third-order valence-corrected chi connectivity index (χ3v) is 5.42. The summed E-state index contributed by atoms with van der Waals surface area (Å²) in [4.78, 5) is 6.90. The molecule has 110 valence electrons. The lowest BCUT2D eigenvalue weighted by molar-refractivity contribution is 0.611. The minimum Gasteiger partial charge on any atom is -0.316 e. The summed E-state index contributed by atoms with van der Waals surface area (Å²) in [5.74, 6) is 0.988. The molecule has 1 aromatic carbocycles. The van der Waals surface area contributed by atoms with Crippen LogP contribution in [0.4, 0.5) is 0 Å². The molecule has 1 unspecified atom stereocenters. The second-order valence-electron chi connectivity index (χ2n) is 4.78. The van der Waals surface area contributed by atoms with Gasteiger partial charge in [-0.1, -0.05) is 17.7 Å². The predicted octanol–water partition coefficient (Wildman–Crippen LogP) is 3.97. The van der Waals surface area contributed by atoms with Gasteiger partial charge in [-0.3, -0.25) is 4.40 Å². The lowest BCUT2D eigenvalue weighted by Gasteiger charge is -2.14. The molecule has 2 aromatic heterocycles. The van der Waals surface area contributed by atoms with E-state index in [0.717, 1.165) is 27.9 Å². The molecular formula is C15H16ClN3S2. The Morgan fingerprint density at radius 1 is 1.48 bits per heavy atom. The highest BCUT2D eigenvalue weighted by Gasteiger charge is 2.11. The number of imidazole rings is 1. The van der Waals surface area contributed by atoms with Gasteiger partial charge in [0.25, 0.3) is 0 Å². The van der Waals surface area contributed by atoms with Crippen molar-refractivity contribution >= 4 is 39.7 Å². The Kier molecular flexibility index (Phi) is 4.85. The zero-order valence-corrected chi connectivity index (χ0v) is 14.0. The molecule has 2 heterocycles. The van der Waals surface area contributed by atoms with Gasteiger partial charge in [0, 0.05) is 45.9 Å². The molecule has 21 heavy (non-hydrogen) atoms. The molecule has 0 aliphatic carbocycles. The molecule has 1 N–H and O–H groups in total. The number of nitrogens with zero attached hydrogens (tertiary/aromatic N) is 2. The van der Waals surface area contributed by atoms with Crippen LogP contribution in [0.5, 0.6) is 0 Å². The van der Waals surface area contributed by atoms with Gasteiger partial charge in [0.05, 0.1) is 5.69 Å². The first-order valence-electron chi connectivity index (χ1n) is 6.71. The van der Waals surface area contributed by atoms with Crippen molar-refractivity contribution in [3.8, 4) is 0 Å². The molecule has 6 heteroatoms. The molecule has 0 bridgehead atoms. The molecule has 0 amide bonds. The molecule has 0 saturated heterocycles. The predicted molar refractivity (Wildman–Crippen MR) is 91.8 cm³/mol. The first-order chi connectivity index (χ1) is 10.2. The van der Waals surface area contributed by atoms with Crippen molar-refractivity contribution in [3.05, 3.63) is 52.8 Å². The number of halogens is 1. The van der Waals surface area contributed by atoms with Crippen LogP contribution in [0, 0.1) is 0 Å². The van der Waals surface area contributed by atoms with Crippen molar-refractivity contribution in [2.75, 3.05) is 12.8 Å². The summed E-state index contributed by atoms with van der Waals surface area (Å²) in [6, 6.07) is 8.38. The highest BCUT2D eigenvalue weighted by atomic mass is 35.5. The Hall–Kier alpha value is -1.01. The van der Waals surface area contributed by atoms with Crippen LogP contribution in [-0.2, 0) is 6.42 Å². The quantitative estimate of drug-likeness (QED) is 0.690. The maximum absolute atomic E-state index is 6.02. The molecule has 3 rings (SSSR count). The normalized spacial score (nSPS) is 12.9. The maximum Gasteiger partial charge on any atom is 0.193 e. The van der Waals surface area contributed by atoms with E-state index in [1.165, 1.54) is 4.90 Å². The highest BCUT2D eigenvalue weighted by molar-refractivity contribution is 7.99. The van der Waals surface area contributed by atoms with E-state index in [0.29, 0.717) is 6.04 Å². The van der Waals surface area contributed by atoms with Crippen LogP contribution >= 0.6 is 34.7 Å². The van der Waals surface area contributed by atoms with Gasteiger partial charge in [0.1, 0.15) is 0 Å². The molecule has 0 radical (unpaired) electrons. The summed E-state index contributed by atoms with van der Waals surface area (Å²) in [6.45, 7) is 0. The number of likely N-dealkylation sites (N-methyl/N-ethyl adjacent to an activating group) is 1. The number of hydrogen-bond acceptors (Lipinski definition) is 4. The van der Waals surface area contributed by atoms with Crippen LogP contribution in [0.1, 0.15) is 5.69 Å². The Morgan fingerprint density at radius 3 is 3.14 bits per heavy atom. The maximum atomic E-state index is 6.02. The van der Waals surface area contributed by atoms with Crippen LogP contribution in [0.15, 0.2) is 46.9 Å². The second kappa shape index (κ2) is 6.83. The SMILES string of the molecule is CNC(CSc1cccc(Cl)c1)Cc1cn2ccsc2n1. The Labute approximate surface area is 137 Å². The fourth-order valence-electron chi connectivity index (χ4n) is 2.12. The number of thioether (sulfide) groups is 1. The van der Waals surface area contributed by atoms with Gasteiger partial charge in [-0.2, -0.15) is 0 Å². The van der Waals surface area contributed by atoms with Crippen molar-refractivity contribution in [1.29, 1.82) is 0 Å². The molecule has 1 atom stereocenters. The smallest absolute Gasteiger partial charge is 0.193 e. The summed E-state index contributed by atoms with van der Waals surface area (Å²) >= 11 is 9.50. The molecule has 0 saturated carbocycles. The molecular weight excluding hydrogens is 322 g/mol. The third kappa shape index (κ3) is 3.80. The van der Waals surface area contributed by atoms with Gasteiger partial charge >= 0.3 is 0 Å². The molecule has 3 nitrogen and oxygen atoms in total. The van der Waals surface area contributed by atoms with Crippen LogP contribution in [0.2, 0.25) is 5.02 Å². The first kappa shape index (κ1) is 14.9.